The van der Waals surface area contributed by atoms with Crippen LogP contribution in [0.3, 0.4) is 0 Å². The summed E-state index contributed by atoms with van der Waals surface area (Å²) in [7, 11) is 5.57. The zero-order valence-electron chi connectivity index (χ0n) is 10.0. The molecule has 0 aliphatic rings. The van der Waals surface area contributed by atoms with E-state index in [1.54, 1.807) is 0 Å². The van der Waals surface area contributed by atoms with Crippen LogP contribution >= 0.6 is 0 Å². The Morgan fingerprint density at radius 1 is 1.12 bits per heavy atom. The molecule has 0 aliphatic carbocycles. The standard InChI is InChI=1S/C9H21N2O5/c1-11(2,3)8-9(14)10(15-6-4-12)16-7-5-13/h12-13H,4-8H2,1-3H3/q+1. The molecule has 0 unspecified atom stereocenters. The third kappa shape index (κ3) is 7.55. The summed E-state index contributed by atoms with van der Waals surface area (Å²) in [6, 6.07) is 0. The highest BCUT2D eigenvalue weighted by Crippen LogP contribution is 1.99. The Kier molecular flexibility index (Phi) is 7.18. The molecule has 96 valence electrons. The Labute approximate surface area is 95.3 Å². The fourth-order valence-corrected chi connectivity index (χ4v) is 0.892. The second-order valence-corrected chi connectivity index (χ2v) is 4.21. The number of quaternary nitrogens is 1. The van der Waals surface area contributed by atoms with Crippen LogP contribution in [0.2, 0.25) is 0 Å². The van der Waals surface area contributed by atoms with Crippen molar-refractivity contribution in [3.05, 3.63) is 0 Å². The fourth-order valence-electron chi connectivity index (χ4n) is 0.892. The van der Waals surface area contributed by atoms with E-state index in [-0.39, 0.29) is 38.9 Å². The van der Waals surface area contributed by atoms with E-state index in [2.05, 4.69) is 0 Å². The van der Waals surface area contributed by atoms with Crippen LogP contribution in [0, 0.1) is 0 Å². The molecule has 7 heteroatoms. The highest BCUT2D eigenvalue weighted by molar-refractivity contribution is 5.75. The summed E-state index contributed by atoms with van der Waals surface area (Å²) in [6.45, 7) is -0.299. The van der Waals surface area contributed by atoms with Crippen LogP contribution in [0.1, 0.15) is 0 Å². The van der Waals surface area contributed by atoms with Crippen LogP contribution in [0.25, 0.3) is 0 Å². The van der Waals surface area contributed by atoms with Gasteiger partial charge in [0.15, 0.2) is 6.54 Å². The van der Waals surface area contributed by atoms with Crippen molar-refractivity contribution < 1.29 is 29.2 Å². The summed E-state index contributed by atoms with van der Waals surface area (Å²) >= 11 is 0. The Morgan fingerprint density at radius 3 is 1.88 bits per heavy atom. The van der Waals surface area contributed by atoms with Gasteiger partial charge in [0, 0.05) is 0 Å². The molecule has 2 N–H and O–H groups in total. The zero-order chi connectivity index (χ0) is 12.6. The van der Waals surface area contributed by atoms with Crippen molar-refractivity contribution in [3.8, 4) is 0 Å². The van der Waals surface area contributed by atoms with Crippen molar-refractivity contribution in [3.63, 3.8) is 0 Å². The second kappa shape index (κ2) is 7.53. The maximum absolute atomic E-state index is 11.7. The van der Waals surface area contributed by atoms with Gasteiger partial charge in [0.1, 0.15) is 13.2 Å². The average molecular weight is 237 g/mol. The lowest BCUT2D eigenvalue weighted by molar-refractivity contribution is -0.863. The monoisotopic (exact) mass is 237 g/mol. The van der Waals surface area contributed by atoms with Crippen LogP contribution in [-0.2, 0) is 14.5 Å². The van der Waals surface area contributed by atoms with Gasteiger partial charge in [-0.25, -0.2) is 9.68 Å². The topological polar surface area (TPSA) is 79.2 Å². The summed E-state index contributed by atoms with van der Waals surface area (Å²) in [5.74, 6) is -0.366. The highest BCUT2D eigenvalue weighted by Gasteiger charge is 2.22. The molecule has 0 aliphatic heterocycles. The number of aliphatic hydroxyl groups excluding tert-OH is 2. The van der Waals surface area contributed by atoms with E-state index in [0.717, 1.165) is 5.23 Å². The maximum atomic E-state index is 11.7. The molecule has 0 spiro atoms. The lowest BCUT2D eigenvalue weighted by atomic mass is 10.5. The smallest absolute Gasteiger partial charge is 0.327 e. The quantitative estimate of drug-likeness (QED) is 0.391. The van der Waals surface area contributed by atoms with E-state index in [4.69, 9.17) is 19.9 Å². The number of hydrogen-bond donors (Lipinski definition) is 2. The molecule has 16 heavy (non-hydrogen) atoms. The summed E-state index contributed by atoms with van der Waals surface area (Å²) in [5.41, 5.74) is 0. The van der Waals surface area contributed by atoms with E-state index in [0.29, 0.717) is 4.48 Å². The van der Waals surface area contributed by atoms with E-state index >= 15 is 0 Å². The molecule has 0 radical (unpaired) electrons. The summed E-state index contributed by atoms with van der Waals surface area (Å²) in [6.07, 6.45) is 0. The van der Waals surface area contributed by atoms with Gasteiger partial charge in [-0.1, -0.05) is 5.23 Å². The number of carbonyl (C=O) groups excluding carboxylic acids is 1. The van der Waals surface area contributed by atoms with Crippen LogP contribution in [-0.4, -0.2) is 79.9 Å². The van der Waals surface area contributed by atoms with Crippen molar-refractivity contribution in [2.45, 2.75) is 0 Å². The Bertz CT molecular complexity index is 197. The van der Waals surface area contributed by atoms with Crippen molar-refractivity contribution in [2.24, 2.45) is 0 Å². The van der Waals surface area contributed by atoms with Crippen LogP contribution in [0.5, 0.6) is 0 Å². The lowest BCUT2D eigenvalue weighted by Gasteiger charge is -2.26. The van der Waals surface area contributed by atoms with Gasteiger partial charge in [0.25, 0.3) is 0 Å². The molecule has 0 saturated heterocycles. The van der Waals surface area contributed by atoms with Crippen molar-refractivity contribution >= 4 is 5.91 Å². The molecule has 0 saturated carbocycles. The Morgan fingerprint density at radius 2 is 1.56 bits per heavy atom. The highest BCUT2D eigenvalue weighted by atomic mass is 17.0. The molecule has 0 heterocycles. The summed E-state index contributed by atoms with van der Waals surface area (Å²) in [4.78, 5) is 21.5. The zero-order valence-corrected chi connectivity index (χ0v) is 10.0. The van der Waals surface area contributed by atoms with Crippen LogP contribution in [0.4, 0.5) is 0 Å². The minimum absolute atomic E-state index is 0.0334. The normalized spacial score (nSPS) is 11.6. The third-order valence-electron chi connectivity index (χ3n) is 1.41. The molecule has 7 nitrogen and oxygen atoms in total. The number of nitrogens with zero attached hydrogens (tertiary/aromatic N) is 2. The number of carbonyl (C=O) groups is 1. The van der Waals surface area contributed by atoms with Gasteiger partial charge < -0.3 is 14.7 Å². The van der Waals surface area contributed by atoms with Gasteiger partial charge in [-0.2, -0.15) is 0 Å². The van der Waals surface area contributed by atoms with E-state index < -0.39 is 0 Å². The van der Waals surface area contributed by atoms with Gasteiger partial charge in [-0.3, -0.25) is 4.79 Å². The molecular formula is C9H21N2O5+. The number of aliphatic hydroxyl groups is 2. The minimum Gasteiger partial charge on any atom is -0.394 e. The molecule has 0 atom stereocenters. The first-order valence-electron chi connectivity index (χ1n) is 5.01. The van der Waals surface area contributed by atoms with E-state index in [1.807, 2.05) is 21.1 Å². The molecule has 0 aromatic carbocycles. The van der Waals surface area contributed by atoms with Crippen molar-refractivity contribution in [1.29, 1.82) is 0 Å². The number of hydrogen-bond acceptors (Lipinski definition) is 5. The molecule has 0 aromatic rings. The number of rotatable bonds is 8. The van der Waals surface area contributed by atoms with Crippen LogP contribution in [0.15, 0.2) is 0 Å². The first-order valence-corrected chi connectivity index (χ1v) is 5.01. The van der Waals surface area contributed by atoms with Gasteiger partial charge in [0.2, 0.25) is 0 Å². The summed E-state index contributed by atoms with van der Waals surface area (Å²) in [5, 5.41) is 17.9. The first-order chi connectivity index (χ1) is 7.40. The van der Waals surface area contributed by atoms with E-state index in [1.165, 1.54) is 0 Å². The molecule has 0 aromatic heterocycles. The first kappa shape index (κ1) is 15.3. The SMILES string of the molecule is C[N+](C)(C)CC(=O)N(OCCO)OCCO. The largest absolute Gasteiger partial charge is 0.394 e. The van der Waals surface area contributed by atoms with Crippen LogP contribution < -0.4 is 0 Å². The van der Waals surface area contributed by atoms with E-state index in [9.17, 15) is 4.79 Å². The maximum Gasteiger partial charge on any atom is 0.327 e. The summed E-state index contributed by atoms with van der Waals surface area (Å²) < 4.78 is 0.431. The second-order valence-electron chi connectivity index (χ2n) is 4.21. The molecule has 0 rings (SSSR count). The fraction of sp³-hybridized carbons (Fsp3) is 0.889. The average Bonchev–Trinajstić information content (AvgIpc) is 2.15. The van der Waals surface area contributed by atoms with Gasteiger partial charge in [0.05, 0.1) is 34.4 Å². The Hall–Kier alpha value is -0.730. The van der Waals surface area contributed by atoms with Crippen molar-refractivity contribution in [2.75, 3.05) is 54.1 Å². The third-order valence-corrected chi connectivity index (χ3v) is 1.41. The molecule has 0 fully saturated rings. The minimum atomic E-state index is -0.366. The number of hydroxylamine groups is 2. The number of amides is 1. The molecule has 1 amide bonds. The van der Waals surface area contributed by atoms with Gasteiger partial charge >= 0.3 is 5.91 Å². The predicted octanol–water partition coefficient (Wildman–Crippen LogP) is -1.63. The number of likely N-dealkylation sites (N-methyl/N-ethyl adjacent to an activating group) is 1. The van der Waals surface area contributed by atoms with Gasteiger partial charge in [-0.05, 0) is 0 Å². The lowest BCUT2D eigenvalue weighted by Crippen LogP contribution is -2.46. The predicted molar refractivity (Wildman–Crippen MR) is 55.8 cm³/mol. The molecular weight excluding hydrogens is 216 g/mol. The van der Waals surface area contributed by atoms with Gasteiger partial charge in [-0.15, -0.1) is 0 Å². The molecule has 0 bridgehead atoms. The Balaban J connectivity index is 4.19. The van der Waals surface area contributed by atoms with Crippen molar-refractivity contribution in [1.82, 2.24) is 5.23 Å².